The second-order valence-corrected chi connectivity index (χ2v) is 4.73. The topological polar surface area (TPSA) is 29.3 Å². The molecule has 3 nitrogen and oxygen atoms in total. The van der Waals surface area contributed by atoms with Gasteiger partial charge in [0.1, 0.15) is 5.76 Å². The predicted octanol–water partition coefficient (Wildman–Crippen LogP) is 2.14. The van der Waals surface area contributed by atoms with Crippen molar-refractivity contribution < 1.29 is 4.52 Å². The molecular formula is C11H17ClN2O. The van der Waals surface area contributed by atoms with Crippen LogP contribution in [0.3, 0.4) is 0 Å². The van der Waals surface area contributed by atoms with Crippen LogP contribution < -0.4 is 0 Å². The number of aryl methyl sites for hydroxylation is 1. The number of fused-ring (bicyclic) bond motifs is 2. The molecule has 3 heterocycles. The minimum Gasteiger partial charge on any atom is -0.361 e. The van der Waals surface area contributed by atoms with E-state index < -0.39 is 0 Å². The van der Waals surface area contributed by atoms with Gasteiger partial charge in [-0.25, -0.2) is 0 Å². The number of nitrogens with zero attached hydrogens (tertiary/aromatic N) is 2. The largest absolute Gasteiger partial charge is 0.361 e. The maximum atomic E-state index is 5.19. The first-order chi connectivity index (χ1) is 6.78. The fourth-order valence-corrected chi connectivity index (χ4v) is 2.95. The first kappa shape index (κ1) is 11.0. The summed E-state index contributed by atoms with van der Waals surface area (Å²) in [4.78, 5) is 2.55. The zero-order valence-corrected chi connectivity index (χ0v) is 9.85. The number of halogens is 1. The molecule has 2 bridgehead atoms. The highest BCUT2D eigenvalue weighted by molar-refractivity contribution is 5.85. The highest BCUT2D eigenvalue weighted by Crippen LogP contribution is 2.41. The molecule has 0 aromatic carbocycles. The van der Waals surface area contributed by atoms with Gasteiger partial charge in [-0.3, -0.25) is 0 Å². The lowest BCUT2D eigenvalue weighted by Gasteiger charge is -2.31. The maximum absolute atomic E-state index is 5.19. The van der Waals surface area contributed by atoms with Crippen LogP contribution in [-0.2, 0) is 5.41 Å². The van der Waals surface area contributed by atoms with Crippen molar-refractivity contribution in [2.24, 2.45) is 0 Å². The van der Waals surface area contributed by atoms with Gasteiger partial charge in [0.15, 0.2) is 0 Å². The molecule has 3 rings (SSSR count). The monoisotopic (exact) mass is 228 g/mol. The average molecular weight is 229 g/mol. The maximum Gasteiger partial charge on any atom is 0.133 e. The molecule has 0 aliphatic carbocycles. The van der Waals surface area contributed by atoms with Crippen LogP contribution in [0, 0.1) is 6.92 Å². The van der Waals surface area contributed by atoms with E-state index in [1.54, 1.807) is 0 Å². The molecule has 2 aliphatic heterocycles. The van der Waals surface area contributed by atoms with Crippen molar-refractivity contribution in [2.45, 2.75) is 31.6 Å². The molecule has 2 atom stereocenters. The minimum atomic E-state index is 0. The first-order valence-electron chi connectivity index (χ1n) is 5.45. The SMILES string of the molecule is Cc1cc(C23CCCN(CC2)C3)no1.Cl. The third kappa shape index (κ3) is 1.68. The molecule has 0 radical (unpaired) electrons. The lowest BCUT2D eigenvalue weighted by atomic mass is 9.78. The van der Waals surface area contributed by atoms with Gasteiger partial charge in [0.2, 0.25) is 0 Å². The molecule has 0 amide bonds. The molecule has 15 heavy (non-hydrogen) atoms. The Bertz CT molecular complexity index is 348. The van der Waals surface area contributed by atoms with Gasteiger partial charge in [-0.15, -0.1) is 12.4 Å². The first-order valence-corrected chi connectivity index (χ1v) is 5.45. The fraction of sp³-hybridized carbons (Fsp3) is 0.727. The Balaban J connectivity index is 0.000000853. The van der Waals surface area contributed by atoms with Crippen molar-refractivity contribution in [3.63, 3.8) is 0 Å². The fourth-order valence-electron chi connectivity index (χ4n) is 2.95. The highest BCUT2D eigenvalue weighted by Gasteiger charge is 2.44. The van der Waals surface area contributed by atoms with E-state index in [-0.39, 0.29) is 12.4 Å². The number of piperidine rings is 1. The van der Waals surface area contributed by atoms with Gasteiger partial charge in [-0.05, 0) is 39.3 Å². The molecule has 0 spiro atoms. The summed E-state index contributed by atoms with van der Waals surface area (Å²) in [5.41, 5.74) is 1.52. The second-order valence-electron chi connectivity index (χ2n) is 4.73. The van der Waals surface area contributed by atoms with Gasteiger partial charge in [0.25, 0.3) is 0 Å². The molecule has 0 saturated carbocycles. The molecule has 0 N–H and O–H groups in total. The minimum absolute atomic E-state index is 0. The van der Waals surface area contributed by atoms with Crippen LogP contribution in [0.1, 0.15) is 30.7 Å². The van der Waals surface area contributed by atoms with Crippen LogP contribution in [0.4, 0.5) is 0 Å². The van der Waals surface area contributed by atoms with E-state index >= 15 is 0 Å². The van der Waals surface area contributed by atoms with Gasteiger partial charge in [0, 0.05) is 18.0 Å². The summed E-state index contributed by atoms with van der Waals surface area (Å²) in [7, 11) is 0. The van der Waals surface area contributed by atoms with E-state index in [9.17, 15) is 0 Å². The quantitative estimate of drug-likeness (QED) is 0.738. The second kappa shape index (κ2) is 3.80. The molecule has 2 fully saturated rings. The molecule has 84 valence electrons. The van der Waals surface area contributed by atoms with Crippen molar-refractivity contribution in [3.8, 4) is 0 Å². The lowest BCUT2D eigenvalue weighted by molar-refractivity contribution is 0.234. The summed E-state index contributed by atoms with van der Waals surface area (Å²) >= 11 is 0. The molecular weight excluding hydrogens is 212 g/mol. The number of rotatable bonds is 1. The molecule has 1 aromatic rings. The summed E-state index contributed by atoms with van der Waals surface area (Å²) in [5.74, 6) is 0.943. The Morgan fingerprint density at radius 2 is 2.27 bits per heavy atom. The molecule has 2 saturated heterocycles. The summed E-state index contributed by atoms with van der Waals surface area (Å²) in [6.07, 6.45) is 3.86. The van der Waals surface area contributed by atoms with E-state index in [1.165, 1.54) is 44.6 Å². The normalized spacial score (nSPS) is 33.8. The van der Waals surface area contributed by atoms with Gasteiger partial charge in [0.05, 0.1) is 5.69 Å². The Labute approximate surface area is 96.2 Å². The van der Waals surface area contributed by atoms with Crippen molar-refractivity contribution in [1.82, 2.24) is 10.1 Å². The zero-order valence-electron chi connectivity index (χ0n) is 9.03. The van der Waals surface area contributed by atoms with Crippen molar-refractivity contribution in [3.05, 3.63) is 17.5 Å². The van der Waals surface area contributed by atoms with E-state index in [2.05, 4.69) is 16.1 Å². The molecule has 1 aromatic heterocycles. The van der Waals surface area contributed by atoms with Crippen LogP contribution in [0.25, 0.3) is 0 Å². The Morgan fingerprint density at radius 1 is 1.40 bits per heavy atom. The van der Waals surface area contributed by atoms with Crippen LogP contribution in [0.2, 0.25) is 0 Å². The standard InChI is InChI=1S/C11H16N2O.ClH/c1-9-7-10(12-14-9)11-3-2-5-13(8-11)6-4-11;/h7H,2-6,8H2,1H3;1H. The van der Waals surface area contributed by atoms with E-state index in [0.717, 1.165) is 5.76 Å². The van der Waals surface area contributed by atoms with Crippen molar-refractivity contribution >= 4 is 12.4 Å². The summed E-state index contributed by atoms with van der Waals surface area (Å²) in [5, 5.41) is 4.21. The van der Waals surface area contributed by atoms with E-state index in [1.807, 2.05) is 6.92 Å². The Hall–Kier alpha value is -0.540. The van der Waals surface area contributed by atoms with Gasteiger partial charge >= 0.3 is 0 Å². The Morgan fingerprint density at radius 3 is 3.00 bits per heavy atom. The molecule has 4 heteroatoms. The number of aromatic nitrogens is 1. The van der Waals surface area contributed by atoms with Crippen LogP contribution in [0.5, 0.6) is 0 Å². The smallest absolute Gasteiger partial charge is 0.133 e. The average Bonchev–Trinajstić information content (AvgIpc) is 2.73. The van der Waals surface area contributed by atoms with Crippen molar-refractivity contribution in [1.29, 1.82) is 0 Å². The number of hydrogen-bond donors (Lipinski definition) is 0. The summed E-state index contributed by atoms with van der Waals surface area (Å²) < 4.78 is 5.19. The lowest BCUT2D eigenvalue weighted by Crippen LogP contribution is -2.37. The van der Waals surface area contributed by atoms with Gasteiger partial charge < -0.3 is 9.42 Å². The van der Waals surface area contributed by atoms with Gasteiger partial charge in [-0.1, -0.05) is 5.16 Å². The number of hydrogen-bond acceptors (Lipinski definition) is 3. The molecule has 2 aliphatic rings. The zero-order chi connectivity index (χ0) is 9.60. The van der Waals surface area contributed by atoms with E-state index in [4.69, 9.17) is 4.52 Å². The van der Waals surface area contributed by atoms with Crippen molar-refractivity contribution in [2.75, 3.05) is 19.6 Å². The van der Waals surface area contributed by atoms with Crippen LogP contribution >= 0.6 is 12.4 Å². The van der Waals surface area contributed by atoms with Gasteiger partial charge in [-0.2, -0.15) is 0 Å². The third-order valence-corrected chi connectivity index (χ3v) is 3.73. The highest BCUT2D eigenvalue weighted by atomic mass is 35.5. The Kier molecular flexibility index (Phi) is 2.77. The van der Waals surface area contributed by atoms with Crippen LogP contribution in [-0.4, -0.2) is 29.7 Å². The van der Waals surface area contributed by atoms with E-state index in [0.29, 0.717) is 5.41 Å². The summed E-state index contributed by atoms with van der Waals surface area (Å²) in [6, 6.07) is 2.12. The van der Waals surface area contributed by atoms with Crippen LogP contribution in [0.15, 0.2) is 10.6 Å². The predicted molar refractivity (Wildman–Crippen MR) is 60.5 cm³/mol. The summed E-state index contributed by atoms with van der Waals surface area (Å²) in [6.45, 7) is 5.69. The third-order valence-electron chi connectivity index (χ3n) is 3.73. The molecule has 2 unspecified atom stereocenters.